The van der Waals surface area contributed by atoms with E-state index in [1.807, 2.05) is 0 Å². The Balaban J connectivity index is 2.49. The molecule has 0 aliphatic rings. The van der Waals surface area contributed by atoms with Crippen molar-refractivity contribution in [3.05, 3.63) is 35.4 Å². The SMILES string of the molecule is C#CC(O)CCCC#Cc1ccc(C(F)(F)F)cc1. The maximum absolute atomic E-state index is 12.3. The monoisotopic (exact) mass is 266 g/mol. The van der Waals surface area contributed by atoms with Gasteiger partial charge in [0, 0.05) is 12.0 Å². The number of aliphatic hydroxyl groups excluding tert-OH is 1. The Labute approximate surface area is 110 Å². The average molecular weight is 266 g/mol. The first-order chi connectivity index (χ1) is 8.93. The number of benzene rings is 1. The van der Waals surface area contributed by atoms with Gasteiger partial charge in [-0.1, -0.05) is 17.8 Å². The van der Waals surface area contributed by atoms with Crippen molar-refractivity contribution in [1.29, 1.82) is 0 Å². The number of aliphatic hydroxyl groups is 1. The molecule has 19 heavy (non-hydrogen) atoms. The summed E-state index contributed by atoms with van der Waals surface area (Å²) in [7, 11) is 0. The Hall–Kier alpha value is -1.91. The summed E-state index contributed by atoms with van der Waals surface area (Å²) in [6, 6.07) is 4.69. The van der Waals surface area contributed by atoms with Crippen LogP contribution in [0.15, 0.2) is 24.3 Å². The van der Waals surface area contributed by atoms with Crippen molar-refractivity contribution in [2.24, 2.45) is 0 Å². The number of hydrogen-bond acceptors (Lipinski definition) is 1. The number of rotatable bonds is 3. The molecule has 0 saturated carbocycles. The molecule has 0 aliphatic heterocycles. The third-order valence-corrected chi connectivity index (χ3v) is 2.42. The molecule has 1 rings (SSSR count). The van der Waals surface area contributed by atoms with E-state index in [0.29, 0.717) is 24.8 Å². The van der Waals surface area contributed by atoms with Crippen molar-refractivity contribution in [2.45, 2.75) is 31.5 Å². The van der Waals surface area contributed by atoms with E-state index >= 15 is 0 Å². The third-order valence-electron chi connectivity index (χ3n) is 2.42. The molecule has 0 fully saturated rings. The highest BCUT2D eigenvalue weighted by molar-refractivity contribution is 5.36. The lowest BCUT2D eigenvalue weighted by atomic mass is 10.1. The fourth-order valence-electron chi connectivity index (χ4n) is 1.37. The van der Waals surface area contributed by atoms with Crippen LogP contribution in [0.2, 0.25) is 0 Å². The zero-order chi connectivity index (χ0) is 14.3. The van der Waals surface area contributed by atoms with E-state index in [9.17, 15) is 13.2 Å². The molecule has 1 atom stereocenters. The topological polar surface area (TPSA) is 20.2 Å². The van der Waals surface area contributed by atoms with Crippen molar-refractivity contribution in [2.75, 3.05) is 0 Å². The van der Waals surface area contributed by atoms with Gasteiger partial charge < -0.3 is 5.11 Å². The molecule has 0 radical (unpaired) electrons. The smallest absolute Gasteiger partial charge is 0.380 e. The Bertz CT molecular complexity index is 497. The molecule has 1 aromatic rings. The maximum atomic E-state index is 12.3. The van der Waals surface area contributed by atoms with Crippen LogP contribution in [0.5, 0.6) is 0 Å². The molecule has 4 heteroatoms. The Morgan fingerprint density at radius 1 is 1.21 bits per heavy atom. The van der Waals surface area contributed by atoms with Gasteiger partial charge >= 0.3 is 6.18 Å². The molecule has 1 aromatic carbocycles. The zero-order valence-corrected chi connectivity index (χ0v) is 10.2. The number of alkyl halides is 3. The maximum Gasteiger partial charge on any atom is 0.416 e. The summed E-state index contributed by atoms with van der Waals surface area (Å²) in [6.07, 6.45) is 1.58. The summed E-state index contributed by atoms with van der Waals surface area (Å²) in [4.78, 5) is 0. The molecular formula is C15H13F3O. The van der Waals surface area contributed by atoms with Gasteiger partial charge in [0.15, 0.2) is 0 Å². The highest BCUT2D eigenvalue weighted by Crippen LogP contribution is 2.28. The second-order valence-electron chi connectivity index (χ2n) is 3.95. The first-order valence-corrected chi connectivity index (χ1v) is 5.74. The molecular weight excluding hydrogens is 253 g/mol. The minimum atomic E-state index is -4.32. The first kappa shape index (κ1) is 15.1. The minimum absolute atomic E-state index is 0.470. The normalized spacial score (nSPS) is 12.2. The van der Waals surface area contributed by atoms with Gasteiger partial charge in [0.1, 0.15) is 6.10 Å². The second-order valence-corrected chi connectivity index (χ2v) is 3.95. The van der Waals surface area contributed by atoms with Gasteiger partial charge in [-0.3, -0.25) is 0 Å². The van der Waals surface area contributed by atoms with E-state index in [1.54, 1.807) is 0 Å². The van der Waals surface area contributed by atoms with Crippen LogP contribution in [-0.4, -0.2) is 11.2 Å². The van der Waals surface area contributed by atoms with Gasteiger partial charge in [0.2, 0.25) is 0 Å². The van der Waals surface area contributed by atoms with Crippen molar-refractivity contribution >= 4 is 0 Å². The van der Waals surface area contributed by atoms with Crippen LogP contribution in [-0.2, 0) is 6.18 Å². The first-order valence-electron chi connectivity index (χ1n) is 5.74. The molecule has 0 bridgehead atoms. The summed E-state index contributed by atoms with van der Waals surface area (Å²) in [5, 5.41) is 9.09. The summed E-state index contributed by atoms with van der Waals surface area (Å²) in [5.41, 5.74) is -0.152. The Morgan fingerprint density at radius 2 is 1.84 bits per heavy atom. The molecule has 100 valence electrons. The fraction of sp³-hybridized carbons (Fsp3) is 0.333. The summed E-state index contributed by atoms with van der Waals surface area (Å²) < 4.78 is 36.9. The van der Waals surface area contributed by atoms with E-state index in [-0.39, 0.29) is 0 Å². The highest BCUT2D eigenvalue weighted by Gasteiger charge is 2.29. The molecule has 1 unspecified atom stereocenters. The summed E-state index contributed by atoms with van der Waals surface area (Å²) in [6.45, 7) is 0. The number of unbranched alkanes of at least 4 members (excludes halogenated alkanes) is 1. The van der Waals surface area contributed by atoms with Gasteiger partial charge in [0.05, 0.1) is 5.56 Å². The van der Waals surface area contributed by atoms with Crippen molar-refractivity contribution < 1.29 is 18.3 Å². The number of hydrogen-bond donors (Lipinski definition) is 1. The van der Waals surface area contributed by atoms with Gasteiger partial charge in [0.25, 0.3) is 0 Å². The molecule has 0 amide bonds. The molecule has 0 saturated heterocycles. The largest absolute Gasteiger partial charge is 0.416 e. The molecule has 1 N–H and O–H groups in total. The highest BCUT2D eigenvalue weighted by atomic mass is 19.4. The van der Waals surface area contributed by atoms with Crippen molar-refractivity contribution in [3.63, 3.8) is 0 Å². The van der Waals surface area contributed by atoms with Crippen LogP contribution in [0.25, 0.3) is 0 Å². The summed E-state index contributed by atoms with van der Waals surface area (Å²) >= 11 is 0. The third kappa shape index (κ3) is 5.50. The van der Waals surface area contributed by atoms with Crippen molar-refractivity contribution in [3.8, 4) is 24.2 Å². The second kappa shape index (κ2) is 6.87. The Kier molecular flexibility index (Phi) is 5.48. The van der Waals surface area contributed by atoms with E-state index in [2.05, 4.69) is 17.8 Å². The van der Waals surface area contributed by atoms with Gasteiger partial charge in [-0.05, 0) is 37.1 Å². The standard InChI is InChI=1S/C15H13F3O/c1-2-14(19)7-5-3-4-6-12-8-10-13(11-9-12)15(16,17)18/h1,8-11,14,19H,3,5,7H2. The van der Waals surface area contributed by atoms with Crippen LogP contribution >= 0.6 is 0 Å². The average Bonchev–Trinajstić information content (AvgIpc) is 2.37. The lowest BCUT2D eigenvalue weighted by Gasteiger charge is -2.05. The van der Waals surface area contributed by atoms with E-state index in [0.717, 1.165) is 12.1 Å². The van der Waals surface area contributed by atoms with E-state index < -0.39 is 17.8 Å². The van der Waals surface area contributed by atoms with Gasteiger partial charge in [-0.25, -0.2) is 0 Å². The minimum Gasteiger partial charge on any atom is -0.380 e. The van der Waals surface area contributed by atoms with Crippen LogP contribution in [0, 0.1) is 24.2 Å². The van der Waals surface area contributed by atoms with Crippen LogP contribution in [0.3, 0.4) is 0 Å². The molecule has 0 heterocycles. The van der Waals surface area contributed by atoms with Crippen LogP contribution in [0.1, 0.15) is 30.4 Å². The lowest BCUT2D eigenvalue weighted by molar-refractivity contribution is -0.137. The predicted octanol–water partition coefficient (Wildman–Crippen LogP) is 3.22. The van der Waals surface area contributed by atoms with E-state index in [4.69, 9.17) is 11.5 Å². The number of halogens is 3. The van der Waals surface area contributed by atoms with Gasteiger partial charge in [-0.2, -0.15) is 13.2 Å². The zero-order valence-electron chi connectivity index (χ0n) is 10.2. The predicted molar refractivity (Wildman–Crippen MR) is 67.0 cm³/mol. The number of terminal acetylenes is 1. The summed E-state index contributed by atoms with van der Waals surface area (Å²) in [5.74, 6) is 7.79. The van der Waals surface area contributed by atoms with Gasteiger partial charge in [-0.15, -0.1) is 6.42 Å². The van der Waals surface area contributed by atoms with E-state index in [1.165, 1.54) is 12.1 Å². The molecule has 0 spiro atoms. The quantitative estimate of drug-likeness (QED) is 0.658. The molecule has 0 aromatic heterocycles. The lowest BCUT2D eigenvalue weighted by Crippen LogP contribution is -2.04. The molecule has 0 aliphatic carbocycles. The van der Waals surface area contributed by atoms with Crippen LogP contribution in [0.4, 0.5) is 13.2 Å². The fourth-order valence-corrected chi connectivity index (χ4v) is 1.37. The Morgan fingerprint density at radius 3 is 2.37 bits per heavy atom. The van der Waals surface area contributed by atoms with Crippen LogP contribution < -0.4 is 0 Å². The van der Waals surface area contributed by atoms with Crippen molar-refractivity contribution in [1.82, 2.24) is 0 Å². The molecule has 1 nitrogen and oxygen atoms in total.